The summed E-state index contributed by atoms with van der Waals surface area (Å²) in [5.41, 5.74) is 0.397. The van der Waals surface area contributed by atoms with Crippen molar-refractivity contribution >= 4 is 29.1 Å². The third-order valence-electron chi connectivity index (χ3n) is 5.00. The first-order valence-electron chi connectivity index (χ1n) is 10.3. The first-order valence-corrected chi connectivity index (χ1v) is 10.6. The van der Waals surface area contributed by atoms with Gasteiger partial charge in [0.25, 0.3) is 5.91 Å². The normalized spacial score (nSPS) is 14.7. The molecule has 0 spiro atoms. The van der Waals surface area contributed by atoms with Crippen LogP contribution in [0.4, 0.5) is 8.78 Å². The third-order valence-corrected chi connectivity index (χ3v) is 5.22. The fourth-order valence-electron chi connectivity index (χ4n) is 3.50. The lowest BCUT2D eigenvalue weighted by atomic mass is 9.83. The molecular weight excluding hydrogens is 452 g/mol. The van der Waals surface area contributed by atoms with Gasteiger partial charge in [-0.1, -0.05) is 31.5 Å². The van der Waals surface area contributed by atoms with E-state index in [2.05, 4.69) is 9.97 Å². The smallest absolute Gasteiger partial charge is 0.342 e. The predicted octanol–water partition coefficient (Wildman–Crippen LogP) is 5.19. The van der Waals surface area contributed by atoms with E-state index in [1.807, 2.05) is 13.8 Å². The molecule has 1 aliphatic heterocycles. The molecule has 1 N–H and O–H groups in total. The number of nitrogens with one attached hydrogen (secondary N) is 1. The third kappa shape index (κ3) is 5.57. The number of hydrogen-bond acceptors (Lipinski definition) is 4. The summed E-state index contributed by atoms with van der Waals surface area (Å²) < 4.78 is 32.6. The summed E-state index contributed by atoms with van der Waals surface area (Å²) in [5.74, 6) is -3.45. The molecule has 0 radical (unpaired) electrons. The van der Waals surface area contributed by atoms with Crippen molar-refractivity contribution in [1.82, 2.24) is 14.9 Å². The van der Waals surface area contributed by atoms with Crippen LogP contribution in [-0.2, 0) is 14.9 Å². The molecule has 1 aliphatic rings. The van der Waals surface area contributed by atoms with Crippen LogP contribution in [0.25, 0.3) is 5.57 Å². The second-order valence-corrected chi connectivity index (χ2v) is 8.94. The van der Waals surface area contributed by atoms with Crippen molar-refractivity contribution in [2.75, 3.05) is 6.54 Å². The lowest BCUT2D eigenvalue weighted by Gasteiger charge is -2.29. The molecule has 0 aliphatic carbocycles. The second-order valence-electron chi connectivity index (χ2n) is 8.50. The van der Waals surface area contributed by atoms with E-state index in [4.69, 9.17) is 16.3 Å². The number of nitrogens with zero attached hydrogens (tertiary/aromatic N) is 2. The minimum absolute atomic E-state index is 0.0558. The zero-order chi connectivity index (χ0) is 24.3. The molecule has 0 saturated heterocycles. The SMILES string of the molecule is CC(C)OC(=O)C1=CN(C(=O)c2ccc(F)c(F)c2)CC(C)(C)c2ccc(Cl)cnc[nH]c21. The Morgan fingerprint density at radius 2 is 1.91 bits per heavy atom. The summed E-state index contributed by atoms with van der Waals surface area (Å²) in [6.45, 7) is 7.32. The van der Waals surface area contributed by atoms with Crippen LogP contribution in [0.15, 0.2) is 49.1 Å². The van der Waals surface area contributed by atoms with E-state index in [9.17, 15) is 18.4 Å². The number of hydrogen-bond donors (Lipinski definition) is 1. The van der Waals surface area contributed by atoms with E-state index in [0.29, 0.717) is 16.3 Å². The number of aromatic amines is 1. The van der Waals surface area contributed by atoms with E-state index in [0.717, 1.165) is 12.1 Å². The van der Waals surface area contributed by atoms with Crippen molar-refractivity contribution in [2.24, 2.45) is 0 Å². The molecule has 0 bridgehead atoms. The lowest BCUT2D eigenvalue weighted by molar-refractivity contribution is -0.140. The highest BCUT2D eigenvalue weighted by Crippen LogP contribution is 2.34. The van der Waals surface area contributed by atoms with Crippen LogP contribution >= 0.6 is 11.6 Å². The van der Waals surface area contributed by atoms with E-state index in [-0.39, 0.29) is 17.7 Å². The summed E-state index contributed by atoms with van der Waals surface area (Å²) in [4.78, 5) is 34.7. The summed E-state index contributed by atoms with van der Waals surface area (Å²) >= 11 is 6.16. The predicted molar refractivity (Wildman–Crippen MR) is 121 cm³/mol. The van der Waals surface area contributed by atoms with E-state index < -0.39 is 35.0 Å². The quantitative estimate of drug-likeness (QED) is 0.620. The van der Waals surface area contributed by atoms with Gasteiger partial charge in [0, 0.05) is 29.9 Å². The minimum Gasteiger partial charge on any atom is -0.459 e. The zero-order valence-corrected chi connectivity index (χ0v) is 19.4. The molecule has 174 valence electrons. The summed E-state index contributed by atoms with van der Waals surface area (Å²) in [5, 5.41) is 0.367. The fraction of sp³-hybridized carbons (Fsp3) is 0.292. The molecule has 1 amide bonds. The number of ether oxygens (including phenoxy) is 1. The van der Waals surface area contributed by atoms with Crippen molar-refractivity contribution in [2.45, 2.75) is 39.2 Å². The second kappa shape index (κ2) is 9.70. The van der Waals surface area contributed by atoms with Gasteiger partial charge in [0.05, 0.1) is 28.7 Å². The average molecular weight is 476 g/mol. The highest BCUT2D eigenvalue weighted by atomic mass is 35.5. The van der Waals surface area contributed by atoms with Gasteiger partial charge in [-0.15, -0.1) is 0 Å². The number of aromatic nitrogens is 2. The monoisotopic (exact) mass is 475 g/mol. The molecule has 2 aromatic rings. The van der Waals surface area contributed by atoms with Crippen molar-refractivity contribution in [3.8, 4) is 0 Å². The Labute approximate surface area is 195 Å². The molecule has 0 unspecified atom stereocenters. The Bertz CT molecular complexity index is 1170. The first-order chi connectivity index (χ1) is 15.5. The van der Waals surface area contributed by atoms with Crippen molar-refractivity contribution < 1.29 is 23.1 Å². The van der Waals surface area contributed by atoms with E-state index in [1.165, 1.54) is 29.7 Å². The molecule has 9 heteroatoms. The van der Waals surface area contributed by atoms with E-state index >= 15 is 0 Å². The number of rotatable bonds is 3. The Hall–Kier alpha value is -3.26. The van der Waals surface area contributed by atoms with Gasteiger partial charge in [-0.3, -0.25) is 4.79 Å². The molecule has 0 fully saturated rings. The Morgan fingerprint density at radius 3 is 2.58 bits per heavy atom. The topological polar surface area (TPSA) is 75.3 Å². The Balaban J connectivity index is 2.24. The summed E-state index contributed by atoms with van der Waals surface area (Å²) in [7, 11) is 0. The standard InChI is InChI=1S/C24H24ClF2N3O3/c1-14(2)33-23(32)17-11-30(22(31)15-5-8-19(26)20(27)9-15)12-24(3,4)18-7-6-16(25)10-28-13-29-21(17)18/h5-11,13-14H,12H2,1-4H3,(H,28,29). The number of amides is 1. The number of halogens is 3. The summed E-state index contributed by atoms with van der Waals surface area (Å²) in [6.07, 6.45) is 3.77. The van der Waals surface area contributed by atoms with Crippen LogP contribution < -0.4 is 0 Å². The van der Waals surface area contributed by atoms with Gasteiger partial charge < -0.3 is 14.6 Å². The molecule has 1 aromatic heterocycles. The van der Waals surface area contributed by atoms with Gasteiger partial charge in [-0.05, 0) is 43.7 Å². The van der Waals surface area contributed by atoms with Crippen molar-refractivity contribution in [1.29, 1.82) is 0 Å². The Morgan fingerprint density at radius 1 is 1.18 bits per heavy atom. The molecule has 33 heavy (non-hydrogen) atoms. The van der Waals surface area contributed by atoms with Crippen LogP contribution in [-0.4, -0.2) is 39.4 Å². The van der Waals surface area contributed by atoms with Gasteiger partial charge in [0.1, 0.15) is 0 Å². The van der Waals surface area contributed by atoms with Gasteiger partial charge >= 0.3 is 5.97 Å². The van der Waals surface area contributed by atoms with Crippen molar-refractivity contribution in [3.05, 3.63) is 82.5 Å². The van der Waals surface area contributed by atoms with Crippen molar-refractivity contribution in [3.63, 3.8) is 0 Å². The molecule has 0 atom stereocenters. The highest BCUT2D eigenvalue weighted by Gasteiger charge is 2.35. The number of esters is 1. The number of carbonyl (C=O) groups excluding carboxylic acids is 2. The maximum Gasteiger partial charge on any atom is 0.342 e. The van der Waals surface area contributed by atoms with Crippen LogP contribution in [0, 0.1) is 11.6 Å². The number of H-pyrrole nitrogens is 1. The molecule has 1 aromatic carbocycles. The molecule has 6 nitrogen and oxygen atoms in total. The summed E-state index contributed by atoms with van der Waals surface area (Å²) in [6, 6.07) is 6.30. The molecule has 3 rings (SSSR count). The minimum atomic E-state index is -1.14. The van der Waals surface area contributed by atoms with Crippen LogP contribution in [0.1, 0.15) is 49.3 Å². The van der Waals surface area contributed by atoms with Gasteiger partial charge in [0.2, 0.25) is 0 Å². The lowest BCUT2D eigenvalue weighted by Crippen LogP contribution is -2.37. The van der Waals surface area contributed by atoms with Gasteiger partial charge in [-0.2, -0.15) is 0 Å². The highest BCUT2D eigenvalue weighted by molar-refractivity contribution is 6.30. The average Bonchev–Trinajstić information content (AvgIpc) is 2.77. The van der Waals surface area contributed by atoms with Gasteiger partial charge in [0.15, 0.2) is 11.6 Å². The molecule has 0 saturated carbocycles. The Kier molecular flexibility index (Phi) is 7.17. The number of carbonyl (C=O) groups is 2. The number of fused-ring (bicyclic) bond motifs is 1. The maximum atomic E-state index is 13.8. The molecular formula is C24H24ClF2N3O3. The fourth-order valence-corrected chi connectivity index (χ4v) is 3.62. The molecule has 2 heterocycles. The zero-order valence-electron chi connectivity index (χ0n) is 18.7. The van der Waals surface area contributed by atoms with Crippen LogP contribution in [0.2, 0.25) is 5.02 Å². The van der Waals surface area contributed by atoms with Crippen LogP contribution in [0.5, 0.6) is 0 Å². The first kappa shape index (κ1) is 24.4. The number of benzene rings is 1. The van der Waals surface area contributed by atoms with Crippen LogP contribution in [0.3, 0.4) is 0 Å². The van der Waals surface area contributed by atoms with Gasteiger partial charge in [-0.25, -0.2) is 18.6 Å². The van der Waals surface area contributed by atoms with E-state index in [1.54, 1.807) is 26.0 Å². The maximum absolute atomic E-state index is 13.8. The largest absolute Gasteiger partial charge is 0.459 e.